The quantitative estimate of drug-likeness (QED) is 0.636. The van der Waals surface area contributed by atoms with Crippen LogP contribution in [0.5, 0.6) is 0 Å². The van der Waals surface area contributed by atoms with Gasteiger partial charge in [0.05, 0.1) is 5.75 Å². The molecular weight excluding hydrogens is 192 g/mol. The highest BCUT2D eigenvalue weighted by molar-refractivity contribution is 8.02. The van der Waals surface area contributed by atoms with Crippen LogP contribution >= 0.6 is 11.8 Å². The van der Waals surface area contributed by atoms with Gasteiger partial charge in [-0.3, -0.25) is 4.79 Å². The molecule has 86 valence electrons. The van der Waals surface area contributed by atoms with E-state index in [1.54, 1.807) is 5.41 Å². The molecule has 0 N–H and O–H groups in total. The lowest BCUT2D eigenvalue weighted by atomic mass is 10.5. The summed E-state index contributed by atoms with van der Waals surface area (Å²) < 4.78 is 0. The van der Waals surface area contributed by atoms with E-state index < -0.39 is 0 Å². The van der Waals surface area contributed by atoms with Crippen molar-refractivity contribution in [2.75, 3.05) is 5.75 Å². The monoisotopic (exact) mass is 218 g/mol. The first-order valence-electron chi connectivity index (χ1n) is 5.19. The van der Waals surface area contributed by atoms with Gasteiger partial charge in [0.15, 0.2) is 5.78 Å². The molecule has 0 atom stereocenters. The average Bonchev–Trinajstić information content (AvgIpc) is 2.33. The molecule has 0 saturated carbocycles. The zero-order chi connectivity index (χ0) is 12.4. The van der Waals surface area contributed by atoms with E-state index in [1.807, 2.05) is 41.5 Å². The number of carbonyl (C=O) groups is 1. The summed E-state index contributed by atoms with van der Waals surface area (Å²) in [4.78, 5) is 10.4. The fraction of sp³-hybridized carbons (Fsp3) is 0.583. The zero-order valence-electron chi connectivity index (χ0n) is 10.6. The molecule has 0 fully saturated rings. The van der Waals surface area contributed by atoms with Crippen molar-refractivity contribution < 1.29 is 4.79 Å². The second kappa shape index (κ2) is 39.1. The normalized spacial score (nSPS) is 5.86. The Balaban J connectivity index is -0.0000000708. The van der Waals surface area contributed by atoms with E-state index in [-0.39, 0.29) is 5.78 Å². The molecule has 0 aliphatic carbocycles. The predicted octanol–water partition coefficient (Wildman–Crippen LogP) is 4.70. The van der Waals surface area contributed by atoms with E-state index in [1.165, 1.54) is 17.8 Å². The zero-order valence-corrected chi connectivity index (χ0v) is 11.4. The van der Waals surface area contributed by atoms with E-state index in [2.05, 4.69) is 13.2 Å². The molecule has 0 saturated heterocycles. The summed E-state index contributed by atoms with van der Waals surface area (Å²) in [6, 6.07) is 0. The van der Waals surface area contributed by atoms with Crippen LogP contribution in [0.15, 0.2) is 24.6 Å². The molecule has 0 unspecified atom stereocenters. The van der Waals surface area contributed by atoms with Crippen LogP contribution in [0.1, 0.15) is 41.5 Å². The van der Waals surface area contributed by atoms with Gasteiger partial charge >= 0.3 is 0 Å². The molecule has 2 heteroatoms. The van der Waals surface area contributed by atoms with Crippen molar-refractivity contribution >= 4 is 17.5 Å². The Kier molecular flexibility index (Phi) is 65.3. The fourth-order valence-electron chi connectivity index (χ4n) is 0.200. The summed E-state index contributed by atoms with van der Waals surface area (Å²) in [5.41, 5.74) is 0. The molecule has 0 rings (SSSR count). The van der Waals surface area contributed by atoms with Crippen molar-refractivity contribution in [2.45, 2.75) is 41.5 Å². The lowest BCUT2D eigenvalue weighted by Crippen LogP contribution is -1.92. The van der Waals surface area contributed by atoms with E-state index in [4.69, 9.17) is 0 Å². The Hall–Kier alpha value is -0.500. The second-order valence-electron chi connectivity index (χ2n) is 1.15. The van der Waals surface area contributed by atoms with Crippen molar-refractivity contribution in [1.29, 1.82) is 0 Å². The minimum absolute atomic E-state index is 0.0508. The Labute approximate surface area is 94.7 Å². The largest absolute Gasteiger partial charge is 0.294 e. The third kappa shape index (κ3) is 41.9. The van der Waals surface area contributed by atoms with Crippen LogP contribution in [0.25, 0.3) is 0 Å². The van der Waals surface area contributed by atoms with Crippen molar-refractivity contribution in [3.8, 4) is 0 Å². The first-order valence-corrected chi connectivity index (χ1v) is 6.24. The molecule has 0 radical (unpaired) electrons. The maximum atomic E-state index is 10.4. The Morgan fingerprint density at radius 2 is 1.43 bits per heavy atom. The molecule has 0 bridgehead atoms. The van der Waals surface area contributed by atoms with Crippen LogP contribution in [0.2, 0.25) is 0 Å². The number of ketones is 1. The van der Waals surface area contributed by atoms with Gasteiger partial charge < -0.3 is 0 Å². The highest BCUT2D eigenvalue weighted by Gasteiger charge is 1.89. The van der Waals surface area contributed by atoms with E-state index in [9.17, 15) is 4.79 Å². The molecule has 14 heavy (non-hydrogen) atoms. The molecule has 0 heterocycles. The van der Waals surface area contributed by atoms with Gasteiger partial charge in [-0.2, -0.15) is 0 Å². The molecular formula is C12H26OS. The maximum absolute atomic E-state index is 10.4. The highest BCUT2D eigenvalue weighted by atomic mass is 32.2. The molecule has 1 nitrogen and oxygen atoms in total. The van der Waals surface area contributed by atoms with Gasteiger partial charge in [-0.15, -0.1) is 11.8 Å². The van der Waals surface area contributed by atoms with Crippen molar-refractivity contribution in [1.82, 2.24) is 0 Å². The van der Waals surface area contributed by atoms with Gasteiger partial charge in [0, 0.05) is 0 Å². The van der Waals surface area contributed by atoms with Gasteiger partial charge in [0.1, 0.15) is 0 Å². The molecule has 0 amide bonds. The summed E-state index contributed by atoms with van der Waals surface area (Å²) in [5.74, 6) is 0.516. The van der Waals surface area contributed by atoms with Gasteiger partial charge in [-0.05, 0) is 11.5 Å². The van der Waals surface area contributed by atoms with Crippen molar-refractivity contribution in [3.05, 3.63) is 24.6 Å². The van der Waals surface area contributed by atoms with Gasteiger partial charge in [-0.1, -0.05) is 54.7 Å². The number of rotatable bonds is 4. The lowest BCUT2D eigenvalue weighted by molar-refractivity contribution is -0.112. The highest BCUT2D eigenvalue weighted by Crippen LogP contribution is 1.98. The van der Waals surface area contributed by atoms with Crippen LogP contribution in [-0.2, 0) is 4.79 Å². The van der Waals surface area contributed by atoms with Gasteiger partial charge in [0.2, 0.25) is 0 Å². The van der Waals surface area contributed by atoms with Gasteiger partial charge in [0.25, 0.3) is 0 Å². The van der Waals surface area contributed by atoms with Crippen molar-refractivity contribution in [2.24, 2.45) is 0 Å². The van der Waals surface area contributed by atoms with E-state index in [0.717, 1.165) is 0 Å². The molecule has 0 aliphatic rings. The van der Waals surface area contributed by atoms with Crippen LogP contribution < -0.4 is 0 Å². The molecule has 0 aromatic heterocycles. The maximum Gasteiger partial charge on any atom is 0.165 e. The number of hydrogen-bond acceptors (Lipinski definition) is 2. The number of hydrogen-bond donors (Lipinski definition) is 0. The molecule has 0 aromatic rings. The van der Waals surface area contributed by atoms with Crippen LogP contribution in [0.3, 0.4) is 0 Å². The molecule has 0 aliphatic heterocycles. The smallest absolute Gasteiger partial charge is 0.165 e. The minimum Gasteiger partial charge on any atom is -0.294 e. The Morgan fingerprint density at radius 3 is 1.64 bits per heavy atom. The summed E-state index contributed by atoms with van der Waals surface area (Å²) in [5, 5.41) is 1.64. The Morgan fingerprint density at radius 1 is 1.07 bits per heavy atom. The Bertz CT molecular complexity index is 109. The van der Waals surface area contributed by atoms with Crippen LogP contribution in [0, 0.1) is 0 Å². The first-order chi connectivity index (χ1) is 6.81. The molecule has 0 aromatic carbocycles. The summed E-state index contributed by atoms with van der Waals surface area (Å²) >= 11 is 1.38. The van der Waals surface area contributed by atoms with E-state index >= 15 is 0 Å². The summed E-state index contributed by atoms with van der Waals surface area (Å²) in [6.45, 7) is 18.8. The summed E-state index contributed by atoms with van der Waals surface area (Å²) in [6.07, 6.45) is 1.32. The third-order valence-corrected chi connectivity index (χ3v) is 1.26. The number of thioether (sulfide) groups is 1. The average molecular weight is 218 g/mol. The lowest BCUT2D eigenvalue weighted by Gasteiger charge is -1.84. The van der Waals surface area contributed by atoms with Gasteiger partial charge in [-0.25, -0.2) is 0 Å². The predicted molar refractivity (Wildman–Crippen MR) is 71.9 cm³/mol. The number of carbonyl (C=O) groups excluding carboxylic acids is 1. The topological polar surface area (TPSA) is 17.1 Å². The van der Waals surface area contributed by atoms with Crippen LogP contribution in [0.4, 0.5) is 0 Å². The first kappa shape index (κ1) is 23.4. The SMILES string of the molecule is C=CSCC(=O)C=C.CC.CC.CC. The van der Waals surface area contributed by atoms with Crippen molar-refractivity contribution in [3.63, 3.8) is 0 Å². The molecule has 0 spiro atoms. The minimum atomic E-state index is 0.0508. The summed E-state index contributed by atoms with van der Waals surface area (Å²) in [7, 11) is 0. The van der Waals surface area contributed by atoms with E-state index in [0.29, 0.717) is 5.75 Å². The second-order valence-corrected chi connectivity index (χ2v) is 2.10. The standard InChI is InChI=1S/C6H8OS.3C2H6/c1-3-6(7)5-8-4-2;3*1-2/h3-4H,1-2,5H2;3*1-2H3. The fourth-order valence-corrected chi connectivity index (χ4v) is 0.600. The third-order valence-electron chi connectivity index (χ3n) is 0.571. The van der Waals surface area contributed by atoms with Crippen LogP contribution in [-0.4, -0.2) is 11.5 Å². The number of allylic oxidation sites excluding steroid dienone is 1.